The zero-order valence-electron chi connectivity index (χ0n) is 15.1. The summed E-state index contributed by atoms with van der Waals surface area (Å²) in [6.07, 6.45) is 5.05. The highest BCUT2D eigenvalue weighted by atomic mass is 32.2. The smallest absolute Gasteiger partial charge is 0.243 e. The van der Waals surface area contributed by atoms with E-state index in [9.17, 15) is 8.42 Å². The SMILES string of the molecule is CCOc1ccc(S(=O)(=O)N2CCC[C@@H]2c2cccnc2)cc1OCC. The van der Waals surface area contributed by atoms with Crippen LogP contribution in [-0.2, 0) is 10.0 Å². The summed E-state index contributed by atoms with van der Waals surface area (Å²) < 4.78 is 39.2. The van der Waals surface area contributed by atoms with E-state index in [0.717, 1.165) is 18.4 Å². The number of sulfonamides is 1. The van der Waals surface area contributed by atoms with Crippen LogP contribution in [0.15, 0.2) is 47.6 Å². The molecule has 26 heavy (non-hydrogen) atoms. The predicted molar refractivity (Wildman–Crippen MR) is 98.9 cm³/mol. The van der Waals surface area contributed by atoms with Crippen LogP contribution in [-0.4, -0.2) is 37.5 Å². The fourth-order valence-electron chi connectivity index (χ4n) is 3.26. The van der Waals surface area contributed by atoms with Gasteiger partial charge < -0.3 is 9.47 Å². The van der Waals surface area contributed by atoms with Crippen molar-refractivity contribution in [1.82, 2.24) is 9.29 Å². The van der Waals surface area contributed by atoms with Crippen molar-refractivity contribution < 1.29 is 17.9 Å². The quantitative estimate of drug-likeness (QED) is 0.741. The molecule has 0 spiro atoms. The molecule has 1 fully saturated rings. The van der Waals surface area contributed by atoms with E-state index in [1.165, 1.54) is 0 Å². The van der Waals surface area contributed by atoms with E-state index >= 15 is 0 Å². The molecule has 0 bridgehead atoms. The molecular formula is C19H24N2O4S. The number of pyridine rings is 1. The highest BCUT2D eigenvalue weighted by Crippen LogP contribution is 2.38. The Morgan fingerprint density at radius 2 is 1.92 bits per heavy atom. The van der Waals surface area contributed by atoms with Crippen LogP contribution < -0.4 is 9.47 Å². The molecule has 2 heterocycles. The van der Waals surface area contributed by atoms with Gasteiger partial charge in [0.2, 0.25) is 10.0 Å². The van der Waals surface area contributed by atoms with Gasteiger partial charge in [0.15, 0.2) is 11.5 Å². The van der Waals surface area contributed by atoms with Crippen molar-refractivity contribution in [3.8, 4) is 11.5 Å². The van der Waals surface area contributed by atoms with E-state index in [2.05, 4.69) is 4.98 Å². The largest absolute Gasteiger partial charge is 0.490 e. The fourth-order valence-corrected chi connectivity index (χ4v) is 4.96. The highest BCUT2D eigenvalue weighted by molar-refractivity contribution is 7.89. The first-order valence-electron chi connectivity index (χ1n) is 8.89. The van der Waals surface area contributed by atoms with Gasteiger partial charge in [0, 0.05) is 25.0 Å². The molecule has 1 aromatic carbocycles. The van der Waals surface area contributed by atoms with E-state index in [1.807, 2.05) is 26.0 Å². The average molecular weight is 376 g/mol. The highest BCUT2D eigenvalue weighted by Gasteiger charge is 2.36. The Labute approximate surface area is 154 Å². The molecule has 7 heteroatoms. The second kappa shape index (κ2) is 8.05. The fraction of sp³-hybridized carbons (Fsp3) is 0.421. The minimum Gasteiger partial charge on any atom is -0.490 e. The van der Waals surface area contributed by atoms with Crippen LogP contribution in [0.3, 0.4) is 0 Å². The molecule has 1 aromatic heterocycles. The number of ether oxygens (including phenoxy) is 2. The number of hydrogen-bond acceptors (Lipinski definition) is 5. The second-order valence-corrected chi connectivity index (χ2v) is 7.93. The molecule has 0 N–H and O–H groups in total. The Balaban J connectivity index is 1.95. The van der Waals surface area contributed by atoms with Crippen molar-refractivity contribution in [1.29, 1.82) is 0 Å². The Hall–Kier alpha value is -2.12. The van der Waals surface area contributed by atoms with Gasteiger partial charge >= 0.3 is 0 Å². The van der Waals surface area contributed by atoms with E-state index in [-0.39, 0.29) is 10.9 Å². The summed E-state index contributed by atoms with van der Waals surface area (Å²) in [7, 11) is -3.64. The predicted octanol–water partition coefficient (Wildman–Crippen LogP) is 3.40. The van der Waals surface area contributed by atoms with E-state index in [1.54, 1.807) is 34.9 Å². The van der Waals surface area contributed by atoms with Gasteiger partial charge in [-0.15, -0.1) is 0 Å². The van der Waals surface area contributed by atoms with Gasteiger partial charge in [0.05, 0.1) is 24.2 Å². The number of benzene rings is 1. The van der Waals surface area contributed by atoms with Gasteiger partial charge in [-0.05, 0) is 50.5 Å². The van der Waals surface area contributed by atoms with Crippen LogP contribution in [0.4, 0.5) is 0 Å². The van der Waals surface area contributed by atoms with Crippen molar-refractivity contribution in [2.75, 3.05) is 19.8 Å². The van der Waals surface area contributed by atoms with Crippen LogP contribution in [0.2, 0.25) is 0 Å². The standard InChI is InChI=1S/C19H24N2O4S/c1-3-24-18-10-9-16(13-19(18)25-4-2)26(22,23)21-12-6-8-17(21)15-7-5-11-20-14-15/h5,7,9-11,13-14,17H,3-4,6,8,12H2,1-2H3/t17-/m1/s1. The summed E-state index contributed by atoms with van der Waals surface area (Å²) in [6, 6.07) is 8.38. The number of rotatable bonds is 7. The molecule has 0 radical (unpaired) electrons. The van der Waals surface area contributed by atoms with Crippen molar-refractivity contribution in [3.05, 3.63) is 48.3 Å². The number of hydrogen-bond donors (Lipinski definition) is 0. The second-order valence-electron chi connectivity index (χ2n) is 6.03. The van der Waals surface area contributed by atoms with E-state index in [4.69, 9.17) is 9.47 Å². The van der Waals surface area contributed by atoms with Gasteiger partial charge in [-0.3, -0.25) is 4.98 Å². The third-order valence-electron chi connectivity index (χ3n) is 4.39. The maximum atomic E-state index is 13.3. The zero-order chi connectivity index (χ0) is 18.6. The first-order valence-corrected chi connectivity index (χ1v) is 10.3. The normalized spacial score (nSPS) is 18.0. The molecule has 140 valence electrons. The molecule has 3 rings (SSSR count). The first-order chi connectivity index (χ1) is 12.6. The van der Waals surface area contributed by atoms with Crippen LogP contribution in [0.5, 0.6) is 11.5 Å². The molecule has 0 aliphatic carbocycles. The minimum atomic E-state index is -3.64. The monoisotopic (exact) mass is 376 g/mol. The van der Waals surface area contributed by atoms with Crippen LogP contribution in [0.25, 0.3) is 0 Å². The summed E-state index contributed by atoms with van der Waals surface area (Å²) in [4.78, 5) is 4.35. The van der Waals surface area contributed by atoms with Crippen molar-refractivity contribution in [2.45, 2.75) is 37.6 Å². The molecule has 1 aliphatic heterocycles. The number of nitrogens with zero attached hydrogens (tertiary/aromatic N) is 2. The minimum absolute atomic E-state index is 0.184. The van der Waals surface area contributed by atoms with Crippen molar-refractivity contribution in [2.24, 2.45) is 0 Å². The lowest BCUT2D eigenvalue weighted by Crippen LogP contribution is -2.30. The van der Waals surface area contributed by atoms with Crippen LogP contribution in [0.1, 0.15) is 38.3 Å². The van der Waals surface area contributed by atoms with Crippen LogP contribution in [0, 0.1) is 0 Å². The third-order valence-corrected chi connectivity index (χ3v) is 6.30. The Morgan fingerprint density at radius 1 is 1.15 bits per heavy atom. The Morgan fingerprint density at radius 3 is 2.62 bits per heavy atom. The van der Waals surface area contributed by atoms with Crippen molar-refractivity contribution in [3.63, 3.8) is 0 Å². The summed E-state index contributed by atoms with van der Waals surface area (Å²) in [5.41, 5.74) is 0.921. The molecule has 2 aromatic rings. The lowest BCUT2D eigenvalue weighted by molar-refractivity contribution is 0.287. The van der Waals surface area contributed by atoms with E-state index in [0.29, 0.717) is 31.3 Å². The van der Waals surface area contributed by atoms with Gasteiger partial charge in [-0.1, -0.05) is 6.07 Å². The lowest BCUT2D eigenvalue weighted by Gasteiger charge is -2.24. The third kappa shape index (κ3) is 3.68. The zero-order valence-corrected chi connectivity index (χ0v) is 15.9. The molecule has 6 nitrogen and oxygen atoms in total. The topological polar surface area (TPSA) is 68.7 Å². The van der Waals surface area contributed by atoms with Gasteiger partial charge in [0.25, 0.3) is 0 Å². The molecular weight excluding hydrogens is 352 g/mol. The van der Waals surface area contributed by atoms with E-state index < -0.39 is 10.0 Å². The maximum absolute atomic E-state index is 13.3. The maximum Gasteiger partial charge on any atom is 0.243 e. The molecule has 1 saturated heterocycles. The summed E-state index contributed by atoms with van der Waals surface area (Å²) in [6.45, 7) is 5.16. The molecule has 0 unspecified atom stereocenters. The molecule has 1 atom stereocenters. The Bertz CT molecular complexity index is 840. The molecule has 0 amide bonds. The average Bonchev–Trinajstić information content (AvgIpc) is 3.15. The Kier molecular flexibility index (Phi) is 5.78. The summed E-state index contributed by atoms with van der Waals surface area (Å²) in [5.74, 6) is 1.01. The van der Waals surface area contributed by atoms with Crippen molar-refractivity contribution >= 4 is 10.0 Å². The molecule has 0 saturated carbocycles. The molecule has 1 aliphatic rings. The summed E-state index contributed by atoms with van der Waals surface area (Å²) >= 11 is 0. The summed E-state index contributed by atoms with van der Waals surface area (Å²) in [5, 5.41) is 0. The first kappa shape index (κ1) is 18.7. The van der Waals surface area contributed by atoms with Gasteiger partial charge in [-0.2, -0.15) is 4.31 Å². The lowest BCUT2D eigenvalue weighted by atomic mass is 10.1. The number of aromatic nitrogens is 1. The van der Waals surface area contributed by atoms with Gasteiger partial charge in [-0.25, -0.2) is 8.42 Å². The van der Waals surface area contributed by atoms with Gasteiger partial charge in [0.1, 0.15) is 0 Å². The van der Waals surface area contributed by atoms with Crippen LogP contribution >= 0.6 is 0 Å².